The monoisotopic (exact) mass is 299 g/mol. The van der Waals surface area contributed by atoms with Crippen molar-refractivity contribution < 1.29 is 19.2 Å². The summed E-state index contributed by atoms with van der Waals surface area (Å²) in [5, 5.41) is 10.6. The Labute approximate surface area is 126 Å². The Morgan fingerprint density at radius 1 is 1.14 bits per heavy atom. The number of benzene rings is 2. The third-order valence-electron chi connectivity index (χ3n) is 3.30. The van der Waals surface area contributed by atoms with Gasteiger partial charge in [0.1, 0.15) is 18.5 Å². The maximum absolute atomic E-state index is 12.3. The molecule has 3 rings (SSSR count). The zero-order valence-corrected chi connectivity index (χ0v) is 11.6. The van der Waals surface area contributed by atoms with Crippen molar-refractivity contribution in [2.24, 2.45) is 0 Å². The normalized spacial score (nSPS) is 16.1. The first kappa shape index (κ1) is 14.2. The number of nitro groups is 1. The summed E-state index contributed by atoms with van der Waals surface area (Å²) >= 11 is 0. The van der Waals surface area contributed by atoms with Crippen molar-refractivity contribution in [1.29, 1.82) is 0 Å². The number of hydrogen-bond donors (Lipinski definition) is 0. The highest BCUT2D eigenvalue weighted by Gasteiger charge is 2.23. The van der Waals surface area contributed by atoms with Crippen LogP contribution in [-0.2, 0) is 4.74 Å². The van der Waals surface area contributed by atoms with Crippen LogP contribution in [0.3, 0.4) is 0 Å². The number of ether oxygens (including phenoxy) is 2. The van der Waals surface area contributed by atoms with Gasteiger partial charge in [-0.3, -0.25) is 14.9 Å². The van der Waals surface area contributed by atoms with E-state index in [1.165, 1.54) is 24.3 Å². The zero-order valence-electron chi connectivity index (χ0n) is 11.6. The fourth-order valence-electron chi connectivity index (χ4n) is 1.96. The molecular weight excluding hydrogens is 286 g/mol. The average Bonchev–Trinajstić information content (AvgIpc) is 3.37. The molecule has 1 heterocycles. The van der Waals surface area contributed by atoms with Gasteiger partial charge < -0.3 is 9.47 Å². The number of nitro benzene ring substituents is 1. The van der Waals surface area contributed by atoms with Crippen molar-refractivity contribution in [3.05, 3.63) is 69.8 Å². The van der Waals surface area contributed by atoms with Gasteiger partial charge in [0.15, 0.2) is 5.78 Å². The highest BCUT2D eigenvalue weighted by atomic mass is 16.6. The Bertz CT molecular complexity index is 689. The van der Waals surface area contributed by atoms with Crippen molar-refractivity contribution in [1.82, 2.24) is 0 Å². The maximum Gasteiger partial charge on any atom is 0.269 e. The second-order valence-electron chi connectivity index (χ2n) is 4.92. The molecule has 6 nitrogen and oxygen atoms in total. The highest BCUT2D eigenvalue weighted by Crippen LogP contribution is 2.19. The van der Waals surface area contributed by atoms with E-state index < -0.39 is 4.92 Å². The zero-order chi connectivity index (χ0) is 15.5. The van der Waals surface area contributed by atoms with Crippen LogP contribution in [0.1, 0.15) is 15.9 Å². The fourth-order valence-corrected chi connectivity index (χ4v) is 1.96. The average molecular weight is 299 g/mol. The second-order valence-corrected chi connectivity index (χ2v) is 4.92. The summed E-state index contributed by atoms with van der Waals surface area (Å²) in [6.07, 6.45) is 0.182. The van der Waals surface area contributed by atoms with Crippen molar-refractivity contribution in [3.8, 4) is 5.75 Å². The van der Waals surface area contributed by atoms with Gasteiger partial charge in [-0.15, -0.1) is 0 Å². The molecule has 2 aromatic rings. The molecule has 2 aromatic carbocycles. The van der Waals surface area contributed by atoms with Gasteiger partial charge >= 0.3 is 0 Å². The number of carbonyl (C=O) groups excluding carboxylic acids is 1. The Balaban J connectivity index is 1.69. The van der Waals surface area contributed by atoms with E-state index in [2.05, 4.69) is 0 Å². The molecule has 1 unspecified atom stereocenters. The van der Waals surface area contributed by atoms with Gasteiger partial charge in [0.25, 0.3) is 5.69 Å². The van der Waals surface area contributed by atoms with Gasteiger partial charge in [-0.05, 0) is 36.4 Å². The maximum atomic E-state index is 12.3. The number of non-ortho nitro benzene ring substituents is 1. The third kappa shape index (κ3) is 3.29. The van der Waals surface area contributed by atoms with E-state index in [-0.39, 0.29) is 17.6 Å². The van der Waals surface area contributed by atoms with Gasteiger partial charge in [-0.25, -0.2) is 0 Å². The lowest BCUT2D eigenvalue weighted by atomic mass is 10.0. The topological polar surface area (TPSA) is 82.0 Å². The summed E-state index contributed by atoms with van der Waals surface area (Å²) in [4.78, 5) is 22.4. The largest absolute Gasteiger partial charge is 0.491 e. The van der Waals surface area contributed by atoms with Gasteiger partial charge in [0.05, 0.1) is 11.5 Å². The summed E-state index contributed by atoms with van der Waals surface area (Å²) in [6, 6.07) is 12.3. The van der Waals surface area contributed by atoms with Gasteiger partial charge in [0.2, 0.25) is 0 Å². The summed E-state index contributed by atoms with van der Waals surface area (Å²) in [5.74, 6) is 0.489. The van der Waals surface area contributed by atoms with E-state index in [1.807, 2.05) is 0 Å². The van der Waals surface area contributed by atoms with Crippen LogP contribution in [0.15, 0.2) is 48.5 Å². The first-order valence-corrected chi connectivity index (χ1v) is 6.77. The molecule has 0 saturated carbocycles. The predicted molar refractivity (Wildman–Crippen MR) is 78.2 cm³/mol. The highest BCUT2D eigenvalue weighted by molar-refractivity contribution is 6.09. The number of hydrogen-bond acceptors (Lipinski definition) is 5. The first-order chi connectivity index (χ1) is 10.6. The van der Waals surface area contributed by atoms with Crippen LogP contribution in [0.5, 0.6) is 5.75 Å². The van der Waals surface area contributed by atoms with Crippen LogP contribution in [0.4, 0.5) is 5.69 Å². The molecule has 0 spiro atoms. The Morgan fingerprint density at radius 3 is 2.18 bits per heavy atom. The van der Waals surface area contributed by atoms with Crippen LogP contribution in [-0.4, -0.2) is 30.0 Å². The molecule has 1 atom stereocenters. The van der Waals surface area contributed by atoms with E-state index in [0.29, 0.717) is 23.5 Å². The molecule has 6 heteroatoms. The van der Waals surface area contributed by atoms with E-state index in [0.717, 1.165) is 6.61 Å². The van der Waals surface area contributed by atoms with Crippen LogP contribution >= 0.6 is 0 Å². The molecule has 1 saturated heterocycles. The van der Waals surface area contributed by atoms with Gasteiger partial charge in [0, 0.05) is 23.3 Å². The number of ketones is 1. The molecule has 0 aliphatic carbocycles. The van der Waals surface area contributed by atoms with Crippen molar-refractivity contribution >= 4 is 11.5 Å². The van der Waals surface area contributed by atoms with Gasteiger partial charge in [-0.1, -0.05) is 0 Å². The van der Waals surface area contributed by atoms with Crippen LogP contribution in [0.25, 0.3) is 0 Å². The third-order valence-corrected chi connectivity index (χ3v) is 3.30. The second kappa shape index (κ2) is 5.95. The number of epoxide rings is 1. The van der Waals surface area contributed by atoms with E-state index in [4.69, 9.17) is 9.47 Å². The smallest absolute Gasteiger partial charge is 0.269 e. The number of carbonyl (C=O) groups is 1. The van der Waals surface area contributed by atoms with E-state index in [9.17, 15) is 14.9 Å². The Morgan fingerprint density at radius 2 is 1.68 bits per heavy atom. The molecule has 0 amide bonds. The fraction of sp³-hybridized carbons (Fsp3) is 0.188. The molecule has 1 aliphatic rings. The molecule has 0 bridgehead atoms. The standard InChI is InChI=1S/C16H13NO5/c18-16(11-1-5-13(6-2-11)17(19)20)12-3-7-14(8-4-12)21-9-15-10-22-15/h1-8,15H,9-10H2. The number of nitrogens with zero attached hydrogens (tertiary/aromatic N) is 1. The SMILES string of the molecule is O=C(c1ccc(OCC2CO2)cc1)c1ccc([N+](=O)[O-])cc1. The molecule has 22 heavy (non-hydrogen) atoms. The lowest BCUT2D eigenvalue weighted by Crippen LogP contribution is -2.05. The predicted octanol–water partition coefficient (Wildman–Crippen LogP) is 2.60. The lowest BCUT2D eigenvalue weighted by Gasteiger charge is -2.05. The van der Waals surface area contributed by atoms with Crippen molar-refractivity contribution in [3.63, 3.8) is 0 Å². The first-order valence-electron chi connectivity index (χ1n) is 6.77. The Kier molecular flexibility index (Phi) is 3.84. The molecular formula is C16H13NO5. The summed E-state index contributed by atoms with van der Waals surface area (Å²) < 4.78 is 10.6. The van der Waals surface area contributed by atoms with Gasteiger partial charge in [-0.2, -0.15) is 0 Å². The summed E-state index contributed by atoms with van der Waals surface area (Å²) in [5.41, 5.74) is 0.872. The van der Waals surface area contributed by atoms with Crippen LogP contribution in [0, 0.1) is 10.1 Å². The molecule has 1 aliphatic heterocycles. The molecule has 1 fully saturated rings. The summed E-state index contributed by atoms with van der Waals surface area (Å²) in [7, 11) is 0. The minimum absolute atomic E-state index is 0.0393. The minimum Gasteiger partial charge on any atom is -0.491 e. The van der Waals surface area contributed by atoms with Crippen LogP contribution < -0.4 is 4.74 Å². The van der Waals surface area contributed by atoms with E-state index in [1.54, 1.807) is 24.3 Å². The molecule has 0 N–H and O–H groups in total. The molecule has 112 valence electrons. The summed E-state index contributed by atoms with van der Waals surface area (Å²) in [6.45, 7) is 1.24. The molecule has 0 radical (unpaired) electrons. The lowest BCUT2D eigenvalue weighted by molar-refractivity contribution is -0.384. The minimum atomic E-state index is -0.496. The number of rotatable bonds is 6. The Hall–Kier alpha value is -2.73. The van der Waals surface area contributed by atoms with Crippen molar-refractivity contribution in [2.45, 2.75) is 6.10 Å². The molecule has 0 aromatic heterocycles. The quantitative estimate of drug-likeness (QED) is 0.354. The van der Waals surface area contributed by atoms with Crippen LogP contribution in [0.2, 0.25) is 0 Å². The van der Waals surface area contributed by atoms with E-state index >= 15 is 0 Å². The van der Waals surface area contributed by atoms with Crippen molar-refractivity contribution in [2.75, 3.05) is 13.2 Å².